The van der Waals surface area contributed by atoms with Gasteiger partial charge in [-0.15, -0.1) is 5.11 Å². The van der Waals surface area contributed by atoms with Crippen molar-refractivity contribution in [1.82, 2.24) is 4.98 Å². The van der Waals surface area contributed by atoms with Crippen molar-refractivity contribution in [3.63, 3.8) is 0 Å². The summed E-state index contributed by atoms with van der Waals surface area (Å²) in [6.45, 7) is 0. The maximum Gasteiger partial charge on any atom is 0.301 e. The van der Waals surface area contributed by atoms with Crippen molar-refractivity contribution in [2.45, 2.75) is 4.90 Å². The minimum Gasteiger partial charge on any atom is -0.493 e. The predicted octanol–water partition coefficient (Wildman–Crippen LogP) is 5.31. The first-order chi connectivity index (χ1) is 11.3. The number of hydrogen-bond donors (Lipinski definition) is 2. The van der Waals surface area contributed by atoms with Crippen LogP contribution in [-0.2, 0) is 10.0 Å². The zero-order valence-corrected chi connectivity index (χ0v) is 14.7. The Morgan fingerprint density at radius 3 is 2.42 bits per heavy atom. The van der Waals surface area contributed by atoms with Crippen LogP contribution in [0.15, 0.2) is 50.9 Å². The van der Waals surface area contributed by atoms with Crippen LogP contribution >= 0.6 is 34.8 Å². The Kier molecular flexibility index (Phi) is 4.44. The largest absolute Gasteiger partial charge is 0.493 e. The number of sulfonamides is 1. The van der Waals surface area contributed by atoms with Gasteiger partial charge in [0.1, 0.15) is 4.90 Å². The van der Waals surface area contributed by atoms with E-state index in [0.717, 1.165) is 0 Å². The highest BCUT2D eigenvalue weighted by atomic mass is 35.5. The minimum atomic E-state index is -4.20. The number of aromatic hydroxyl groups is 1. The lowest BCUT2D eigenvalue weighted by Gasteiger charge is -2.01. The van der Waals surface area contributed by atoms with Crippen molar-refractivity contribution in [3.8, 4) is 5.88 Å². The standard InChI is InChI=1S/C14H8Cl3N3O3S/c15-7-2-4-11-9(5-7)13(14(21)18-11)19-20-24(22,23)12-6-8(16)1-3-10(12)17/h1-6,18,21H. The molecule has 3 aromatic rings. The average molecular weight is 405 g/mol. The summed E-state index contributed by atoms with van der Waals surface area (Å²) in [5.74, 6) is -0.330. The van der Waals surface area contributed by atoms with Gasteiger partial charge in [0.2, 0.25) is 5.88 Å². The highest BCUT2D eigenvalue weighted by molar-refractivity contribution is 7.90. The van der Waals surface area contributed by atoms with E-state index >= 15 is 0 Å². The highest BCUT2D eigenvalue weighted by Crippen LogP contribution is 2.37. The molecule has 124 valence electrons. The van der Waals surface area contributed by atoms with Crippen molar-refractivity contribution in [3.05, 3.63) is 51.5 Å². The number of hydrogen-bond acceptors (Lipinski definition) is 4. The van der Waals surface area contributed by atoms with Crippen molar-refractivity contribution in [2.75, 3.05) is 0 Å². The first kappa shape index (κ1) is 17.0. The summed E-state index contributed by atoms with van der Waals surface area (Å²) in [5, 5.41) is 14.5. The molecule has 0 aliphatic carbocycles. The van der Waals surface area contributed by atoms with Crippen molar-refractivity contribution < 1.29 is 13.5 Å². The van der Waals surface area contributed by atoms with Crippen LogP contribution < -0.4 is 0 Å². The summed E-state index contributed by atoms with van der Waals surface area (Å²) >= 11 is 17.6. The van der Waals surface area contributed by atoms with Crippen LogP contribution in [0.2, 0.25) is 15.1 Å². The van der Waals surface area contributed by atoms with Crippen LogP contribution in [-0.4, -0.2) is 18.5 Å². The van der Waals surface area contributed by atoms with Gasteiger partial charge in [0.25, 0.3) is 0 Å². The summed E-state index contributed by atoms with van der Waals surface area (Å²) in [4.78, 5) is 2.37. The normalized spacial score (nSPS) is 12.3. The SMILES string of the molecule is O=S(=O)(N=Nc1c(O)[nH]c2ccc(Cl)cc12)c1cc(Cl)ccc1Cl. The van der Waals surface area contributed by atoms with E-state index in [1.807, 2.05) is 0 Å². The second kappa shape index (κ2) is 6.25. The van der Waals surface area contributed by atoms with Gasteiger partial charge in [0.15, 0.2) is 5.69 Å². The molecule has 0 unspecified atom stereocenters. The third-order valence-corrected chi connectivity index (χ3v) is 5.24. The smallest absolute Gasteiger partial charge is 0.301 e. The predicted molar refractivity (Wildman–Crippen MR) is 93.1 cm³/mol. The van der Waals surface area contributed by atoms with Crippen molar-refractivity contribution >= 4 is 61.4 Å². The fraction of sp³-hybridized carbons (Fsp3) is 0. The monoisotopic (exact) mass is 403 g/mol. The lowest BCUT2D eigenvalue weighted by atomic mass is 10.2. The Labute approximate surface area is 151 Å². The lowest BCUT2D eigenvalue weighted by Crippen LogP contribution is -1.96. The van der Waals surface area contributed by atoms with Crippen LogP contribution in [0, 0.1) is 0 Å². The molecule has 1 aromatic heterocycles. The second-order valence-electron chi connectivity index (χ2n) is 4.74. The summed E-state index contributed by atoms with van der Waals surface area (Å²) in [7, 11) is -4.20. The zero-order chi connectivity index (χ0) is 17.5. The van der Waals surface area contributed by atoms with Gasteiger partial charge in [-0.3, -0.25) is 0 Å². The van der Waals surface area contributed by atoms with Gasteiger partial charge in [0, 0.05) is 15.4 Å². The third-order valence-electron chi connectivity index (χ3n) is 3.13. The van der Waals surface area contributed by atoms with Crippen LogP contribution in [0.25, 0.3) is 10.9 Å². The van der Waals surface area contributed by atoms with E-state index in [9.17, 15) is 13.5 Å². The Balaban J connectivity index is 2.09. The topological polar surface area (TPSA) is 94.9 Å². The number of benzene rings is 2. The number of H-pyrrole nitrogens is 1. The Hall–Kier alpha value is -1.80. The molecule has 0 spiro atoms. The number of fused-ring (bicyclic) bond motifs is 1. The van der Waals surface area contributed by atoms with Gasteiger partial charge in [-0.05, 0) is 36.4 Å². The molecule has 0 aliphatic rings. The van der Waals surface area contributed by atoms with Gasteiger partial charge in [-0.25, -0.2) is 0 Å². The summed E-state index contributed by atoms with van der Waals surface area (Å²) < 4.78 is 27.9. The third kappa shape index (κ3) is 3.21. The molecule has 2 N–H and O–H groups in total. The first-order valence-electron chi connectivity index (χ1n) is 6.41. The highest BCUT2D eigenvalue weighted by Gasteiger charge is 2.19. The van der Waals surface area contributed by atoms with E-state index in [4.69, 9.17) is 34.8 Å². The van der Waals surface area contributed by atoms with Crippen LogP contribution in [0.4, 0.5) is 5.69 Å². The van der Waals surface area contributed by atoms with Crippen molar-refractivity contribution in [2.24, 2.45) is 9.63 Å². The van der Waals surface area contributed by atoms with E-state index in [1.165, 1.54) is 24.3 Å². The Morgan fingerprint density at radius 1 is 1.00 bits per heavy atom. The van der Waals surface area contributed by atoms with E-state index in [-0.39, 0.29) is 26.5 Å². The number of aromatic amines is 1. The fourth-order valence-electron chi connectivity index (χ4n) is 2.05. The molecule has 24 heavy (non-hydrogen) atoms. The molecule has 0 aliphatic heterocycles. The van der Waals surface area contributed by atoms with Crippen LogP contribution in [0.3, 0.4) is 0 Å². The quantitative estimate of drug-likeness (QED) is 0.579. The fourth-order valence-corrected chi connectivity index (χ4v) is 3.74. The maximum absolute atomic E-state index is 12.3. The molecule has 0 bridgehead atoms. The Morgan fingerprint density at radius 2 is 1.67 bits per heavy atom. The van der Waals surface area contributed by atoms with Gasteiger partial charge in [-0.2, -0.15) is 8.42 Å². The number of aromatic nitrogens is 1. The molecular weight excluding hydrogens is 397 g/mol. The number of halogens is 3. The zero-order valence-electron chi connectivity index (χ0n) is 11.7. The number of nitrogens with one attached hydrogen (secondary N) is 1. The molecule has 0 radical (unpaired) electrons. The van der Waals surface area contributed by atoms with E-state index in [0.29, 0.717) is 15.9 Å². The maximum atomic E-state index is 12.3. The van der Waals surface area contributed by atoms with Crippen LogP contribution in [0.1, 0.15) is 0 Å². The van der Waals surface area contributed by atoms with Gasteiger partial charge < -0.3 is 10.1 Å². The second-order valence-corrected chi connectivity index (χ2v) is 7.58. The minimum absolute atomic E-state index is 0.0375. The molecule has 0 saturated heterocycles. The summed E-state index contributed by atoms with van der Waals surface area (Å²) in [5.41, 5.74) is 0.485. The van der Waals surface area contributed by atoms with Gasteiger partial charge >= 0.3 is 10.0 Å². The van der Waals surface area contributed by atoms with E-state index < -0.39 is 10.0 Å². The molecule has 2 aromatic carbocycles. The van der Waals surface area contributed by atoms with Crippen molar-refractivity contribution in [1.29, 1.82) is 0 Å². The molecule has 0 atom stereocenters. The molecule has 3 rings (SSSR count). The number of rotatable bonds is 3. The molecular formula is C14H8Cl3N3O3S. The molecule has 6 nitrogen and oxygen atoms in total. The Bertz CT molecular complexity index is 1080. The van der Waals surface area contributed by atoms with Gasteiger partial charge in [0.05, 0.1) is 10.5 Å². The first-order valence-corrected chi connectivity index (χ1v) is 8.98. The average Bonchev–Trinajstić information content (AvgIpc) is 2.82. The molecule has 0 fully saturated rings. The van der Waals surface area contributed by atoms with Crippen LogP contribution in [0.5, 0.6) is 5.88 Å². The number of nitrogens with zero attached hydrogens (tertiary/aromatic N) is 2. The van der Waals surface area contributed by atoms with E-state index in [2.05, 4.69) is 14.6 Å². The summed E-state index contributed by atoms with van der Waals surface area (Å²) in [6.07, 6.45) is 0. The van der Waals surface area contributed by atoms with Gasteiger partial charge in [-0.1, -0.05) is 39.3 Å². The molecule has 10 heteroatoms. The van der Waals surface area contributed by atoms with E-state index in [1.54, 1.807) is 12.1 Å². The molecule has 0 amide bonds. The molecule has 1 heterocycles. The lowest BCUT2D eigenvalue weighted by molar-refractivity contribution is 0.459. The summed E-state index contributed by atoms with van der Waals surface area (Å²) in [6, 6.07) is 8.73. The molecule has 0 saturated carbocycles.